The van der Waals surface area contributed by atoms with Crippen molar-refractivity contribution in [3.8, 4) is 0 Å². The molecule has 290 valence electrons. The first-order chi connectivity index (χ1) is 24.4. The van der Waals surface area contributed by atoms with Gasteiger partial charge in [0.15, 0.2) is 0 Å². The van der Waals surface area contributed by atoms with Crippen molar-refractivity contribution < 1.29 is 29.0 Å². The molecule has 11 nitrogen and oxygen atoms in total. The zero-order chi connectivity index (χ0) is 38.8. The number of nitrogens with zero attached hydrogens (tertiary/aromatic N) is 2. The highest BCUT2D eigenvalue weighted by molar-refractivity contribution is 7.09. The van der Waals surface area contributed by atoms with E-state index >= 15 is 0 Å². The van der Waals surface area contributed by atoms with Crippen LogP contribution in [0, 0.1) is 11.8 Å². The maximum atomic E-state index is 13.2. The number of carboxylic acid groups (broad SMARTS) is 1. The Bertz CT molecular complexity index is 1240. The van der Waals surface area contributed by atoms with Crippen LogP contribution in [-0.4, -0.2) is 71.0 Å². The van der Waals surface area contributed by atoms with Crippen LogP contribution in [0.1, 0.15) is 140 Å². The maximum Gasteiger partial charge on any atom is 0.303 e. The summed E-state index contributed by atoms with van der Waals surface area (Å²) in [7, 11) is 1.50. The van der Waals surface area contributed by atoms with Crippen molar-refractivity contribution in [1.82, 2.24) is 15.2 Å². The number of carbonyl (C=O) groups is 4. The van der Waals surface area contributed by atoms with E-state index in [2.05, 4.69) is 45.7 Å². The summed E-state index contributed by atoms with van der Waals surface area (Å²) in [6, 6.07) is 9.38. The first kappa shape index (κ1) is 47.7. The number of carbonyl (C=O) groups excluding carboxylic acids is 3. The van der Waals surface area contributed by atoms with Crippen LogP contribution in [-0.2, 0) is 25.5 Å². The molecule has 0 radical (unpaired) electrons. The van der Waals surface area contributed by atoms with Crippen molar-refractivity contribution in [2.75, 3.05) is 20.2 Å². The van der Waals surface area contributed by atoms with Crippen LogP contribution in [0.5, 0.6) is 0 Å². The van der Waals surface area contributed by atoms with E-state index < -0.39 is 5.97 Å². The lowest BCUT2D eigenvalue weighted by molar-refractivity contribution is -0.137. The van der Waals surface area contributed by atoms with E-state index in [1.807, 2.05) is 49.1 Å². The molecule has 3 amide bonds. The Morgan fingerprint density at radius 2 is 1.65 bits per heavy atom. The van der Waals surface area contributed by atoms with Gasteiger partial charge in [0, 0.05) is 56.3 Å². The summed E-state index contributed by atoms with van der Waals surface area (Å²) in [5.74, 6) is -0.543. The zero-order valence-corrected chi connectivity index (χ0v) is 33.3. The number of ether oxygens (including phenoxy) is 1. The number of benzene rings is 1. The molecule has 0 fully saturated rings. The van der Waals surface area contributed by atoms with Crippen molar-refractivity contribution in [2.24, 2.45) is 23.3 Å². The third-order valence-corrected chi connectivity index (χ3v) is 9.26. The molecule has 1 aromatic heterocycles. The third-order valence-electron chi connectivity index (χ3n) is 8.32. The number of hydrogen-bond donors (Lipinski definition) is 4. The van der Waals surface area contributed by atoms with Gasteiger partial charge in [0.05, 0.1) is 0 Å². The van der Waals surface area contributed by atoms with E-state index in [9.17, 15) is 24.3 Å². The predicted molar refractivity (Wildman–Crippen MR) is 208 cm³/mol. The standard InChI is InChI=1S/C32H49N3O5S.C6H13NO.CH5N/c1-6-9-15-29(36)35(18-7-2)27(23(4)5)21-28(40-19-8-3)32-34-26(22-41-32)31(39)33-25(16-17-30(37)38)20-24-13-11-10-12-14-24;1-3-5(2)4-6(7)8;1-2/h10-14,22-23,25,27-28H,6-9,15-21H2,1-5H3,(H,33,39)(H,37,38);5H,3-4H2,1-2H3,(H2,7,8);2H2,1H3. The SMILES string of the molecule is CCC(C)CC(N)=O.CCCCC(=O)N(CCC)C(CC(OCCC)c1nc(C(=O)NC(CCC(=O)O)Cc2ccccc2)cs1)C(C)C.CN. The van der Waals surface area contributed by atoms with Crippen molar-refractivity contribution >= 4 is 35.0 Å². The Hall–Kier alpha value is -3.35. The Kier molecular flexibility index (Phi) is 26.4. The molecular weight excluding hydrogens is 667 g/mol. The van der Waals surface area contributed by atoms with Gasteiger partial charge in [-0.05, 0) is 56.6 Å². The van der Waals surface area contributed by atoms with E-state index in [4.69, 9.17) is 15.5 Å². The fourth-order valence-corrected chi connectivity index (χ4v) is 6.23. The summed E-state index contributed by atoms with van der Waals surface area (Å²) in [5, 5.41) is 14.7. The minimum absolute atomic E-state index is 0.00592. The number of aliphatic carboxylic acids is 1. The van der Waals surface area contributed by atoms with Crippen LogP contribution in [0.15, 0.2) is 35.7 Å². The Labute approximate surface area is 311 Å². The first-order valence-corrected chi connectivity index (χ1v) is 19.5. The zero-order valence-electron chi connectivity index (χ0n) is 32.5. The molecular formula is C39H67N5O6S. The largest absolute Gasteiger partial charge is 0.481 e. The molecule has 2 aromatic rings. The number of nitrogens with two attached hydrogens (primary N) is 2. The summed E-state index contributed by atoms with van der Waals surface area (Å²) < 4.78 is 6.28. The number of unbranched alkanes of at least 4 members (excludes halogenated alkanes) is 1. The molecule has 0 spiro atoms. The van der Waals surface area contributed by atoms with E-state index in [1.54, 1.807) is 5.38 Å². The van der Waals surface area contributed by atoms with Crippen molar-refractivity contribution in [3.63, 3.8) is 0 Å². The fraction of sp³-hybridized carbons (Fsp3) is 0.667. The van der Waals surface area contributed by atoms with Crippen LogP contribution in [0.25, 0.3) is 0 Å². The van der Waals surface area contributed by atoms with Crippen molar-refractivity contribution in [2.45, 2.75) is 137 Å². The van der Waals surface area contributed by atoms with Gasteiger partial charge in [0.1, 0.15) is 16.8 Å². The second-order valence-electron chi connectivity index (χ2n) is 13.1. The van der Waals surface area contributed by atoms with E-state index in [1.165, 1.54) is 18.4 Å². The summed E-state index contributed by atoms with van der Waals surface area (Å²) in [6.45, 7) is 15.9. The normalized spacial score (nSPS) is 13.1. The lowest BCUT2D eigenvalue weighted by Gasteiger charge is -2.36. The van der Waals surface area contributed by atoms with Gasteiger partial charge < -0.3 is 31.5 Å². The summed E-state index contributed by atoms with van der Waals surface area (Å²) in [6.07, 6.45) is 6.80. The topological polar surface area (TPSA) is 178 Å². The summed E-state index contributed by atoms with van der Waals surface area (Å²) in [4.78, 5) is 54.6. The predicted octanol–water partition coefficient (Wildman–Crippen LogP) is 7.14. The van der Waals surface area contributed by atoms with Crippen LogP contribution in [0.3, 0.4) is 0 Å². The molecule has 4 atom stereocenters. The molecule has 2 rings (SSSR count). The van der Waals surface area contributed by atoms with Gasteiger partial charge in [0.2, 0.25) is 11.8 Å². The number of amides is 3. The van der Waals surface area contributed by atoms with Gasteiger partial charge in [-0.3, -0.25) is 19.2 Å². The number of carboxylic acids is 1. The lowest BCUT2D eigenvalue weighted by atomic mass is 9.95. The molecule has 0 bridgehead atoms. The monoisotopic (exact) mass is 733 g/mol. The summed E-state index contributed by atoms with van der Waals surface area (Å²) in [5.41, 5.74) is 10.8. The van der Waals surface area contributed by atoms with Gasteiger partial charge in [-0.2, -0.15) is 0 Å². The second-order valence-corrected chi connectivity index (χ2v) is 14.0. The van der Waals surface area contributed by atoms with Crippen LogP contribution >= 0.6 is 11.3 Å². The van der Waals surface area contributed by atoms with Crippen LogP contribution in [0.4, 0.5) is 0 Å². The quantitative estimate of drug-likeness (QED) is 0.0931. The number of hydrogen-bond acceptors (Lipinski definition) is 8. The van der Waals surface area contributed by atoms with Gasteiger partial charge in [-0.25, -0.2) is 4.98 Å². The highest BCUT2D eigenvalue weighted by Gasteiger charge is 2.31. The number of rotatable bonds is 23. The average Bonchev–Trinajstić information content (AvgIpc) is 3.60. The van der Waals surface area contributed by atoms with Gasteiger partial charge in [-0.15, -0.1) is 11.3 Å². The smallest absolute Gasteiger partial charge is 0.303 e. The van der Waals surface area contributed by atoms with E-state index in [0.717, 1.165) is 42.7 Å². The minimum Gasteiger partial charge on any atom is -0.481 e. The average molecular weight is 734 g/mol. The molecule has 51 heavy (non-hydrogen) atoms. The lowest BCUT2D eigenvalue weighted by Crippen LogP contribution is -2.44. The van der Waals surface area contributed by atoms with E-state index in [-0.39, 0.29) is 48.2 Å². The maximum absolute atomic E-state index is 13.2. The second kappa shape index (κ2) is 28.3. The summed E-state index contributed by atoms with van der Waals surface area (Å²) >= 11 is 1.39. The van der Waals surface area contributed by atoms with Crippen molar-refractivity contribution in [3.05, 3.63) is 52.0 Å². The molecule has 0 aliphatic heterocycles. The van der Waals surface area contributed by atoms with Gasteiger partial charge >= 0.3 is 5.97 Å². The Morgan fingerprint density at radius 3 is 2.16 bits per heavy atom. The first-order valence-electron chi connectivity index (χ1n) is 18.6. The fourth-order valence-electron chi connectivity index (χ4n) is 5.38. The molecule has 1 heterocycles. The van der Waals surface area contributed by atoms with Crippen molar-refractivity contribution in [1.29, 1.82) is 0 Å². The van der Waals surface area contributed by atoms with Gasteiger partial charge in [-0.1, -0.05) is 91.6 Å². The van der Waals surface area contributed by atoms with Crippen LogP contribution < -0.4 is 16.8 Å². The highest BCUT2D eigenvalue weighted by atomic mass is 32.1. The molecule has 0 saturated heterocycles. The number of nitrogens with one attached hydrogen (secondary N) is 1. The Morgan fingerprint density at radius 1 is 0.980 bits per heavy atom. The van der Waals surface area contributed by atoms with Gasteiger partial charge in [0.25, 0.3) is 5.91 Å². The Balaban J connectivity index is 0.00000219. The minimum atomic E-state index is -0.894. The number of primary amides is 1. The number of thiazole rings is 1. The molecule has 0 aliphatic rings. The molecule has 0 aliphatic carbocycles. The molecule has 0 saturated carbocycles. The molecule has 12 heteroatoms. The van der Waals surface area contributed by atoms with Crippen LogP contribution in [0.2, 0.25) is 0 Å². The molecule has 6 N–H and O–H groups in total. The van der Waals surface area contributed by atoms with E-state index in [0.29, 0.717) is 56.9 Å². The molecule has 1 aromatic carbocycles. The molecule has 4 unspecified atom stereocenters. The third kappa shape index (κ3) is 20.3. The number of aromatic nitrogens is 1. The highest BCUT2D eigenvalue weighted by Crippen LogP contribution is 2.31.